The van der Waals surface area contributed by atoms with Gasteiger partial charge in [0.15, 0.2) is 0 Å². The van der Waals surface area contributed by atoms with Crippen molar-refractivity contribution >= 4 is 45.8 Å². The highest BCUT2D eigenvalue weighted by molar-refractivity contribution is 14.1. The molecule has 0 fully saturated rings. The SMILES string of the molecule is O=C(Nc1cccc(I)c1)c1ccc(O)c(Cl)c1. The average Bonchev–Trinajstić information content (AvgIpc) is 2.32. The van der Waals surface area contributed by atoms with E-state index in [9.17, 15) is 9.90 Å². The Kier molecular flexibility index (Phi) is 4.08. The van der Waals surface area contributed by atoms with Crippen LogP contribution in [0.3, 0.4) is 0 Å². The second-order valence-electron chi connectivity index (χ2n) is 3.63. The summed E-state index contributed by atoms with van der Waals surface area (Å²) >= 11 is 7.93. The predicted molar refractivity (Wildman–Crippen MR) is 80.2 cm³/mol. The lowest BCUT2D eigenvalue weighted by Gasteiger charge is -2.06. The summed E-state index contributed by atoms with van der Waals surface area (Å²) in [7, 11) is 0. The van der Waals surface area contributed by atoms with Crippen molar-refractivity contribution in [3.63, 3.8) is 0 Å². The Hall–Kier alpha value is -1.27. The van der Waals surface area contributed by atoms with Gasteiger partial charge in [0.25, 0.3) is 5.91 Å². The summed E-state index contributed by atoms with van der Waals surface area (Å²) in [5.74, 6) is -0.304. The van der Waals surface area contributed by atoms with Crippen molar-refractivity contribution in [3.05, 3.63) is 56.6 Å². The number of benzene rings is 2. The van der Waals surface area contributed by atoms with Gasteiger partial charge in [0.1, 0.15) is 5.75 Å². The van der Waals surface area contributed by atoms with Gasteiger partial charge in [-0.3, -0.25) is 4.79 Å². The van der Waals surface area contributed by atoms with Crippen LogP contribution in [0.1, 0.15) is 10.4 Å². The van der Waals surface area contributed by atoms with E-state index in [1.54, 1.807) is 0 Å². The van der Waals surface area contributed by atoms with E-state index < -0.39 is 0 Å². The monoisotopic (exact) mass is 373 g/mol. The van der Waals surface area contributed by atoms with E-state index in [4.69, 9.17) is 11.6 Å². The predicted octanol–water partition coefficient (Wildman–Crippen LogP) is 3.90. The zero-order chi connectivity index (χ0) is 13.1. The Morgan fingerprint density at radius 2 is 2.00 bits per heavy atom. The van der Waals surface area contributed by atoms with E-state index in [1.807, 2.05) is 24.3 Å². The molecule has 0 aliphatic rings. The minimum absolute atomic E-state index is 0.0394. The van der Waals surface area contributed by atoms with E-state index >= 15 is 0 Å². The molecule has 0 unspecified atom stereocenters. The van der Waals surface area contributed by atoms with Gasteiger partial charge in [0, 0.05) is 14.8 Å². The van der Waals surface area contributed by atoms with Crippen LogP contribution in [0.25, 0.3) is 0 Å². The Morgan fingerprint density at radius 1 is 1.22 bits per heavy atom. The number of carbonyl (C=O) groups excluding carboxylic acids is 1. The molecule has 0 aromatic heterocycles. The number of carbonyl (C=O) groups is 1. The molecule has 2 aromatic rings. The highest BCUT2D eigenvalue weighted by Gasteiger charge is 2.08. The number of amides is 1. The Morgan fingerprint density at radius 3 is 2.67 bits per heavy atom. The fourth-order valence-corrected chi connectivity index (χ4v) is 2.14. The summed E-state index contributed by atoms with van der Waals surface area (Å²) in [5.41, 5.74) is 1.12. The van der Waals surface area contributed by atoms with Gasteiger partial charge in [0.05, 0.1) is 5.02 Å². The van der Waals surface area contributed by atoms with Crippen molar-refractivity contribution in [1.29, 1.82) is 0 Å². The number of hydrogen-bond donors (Lipinski definition) is 2. The minimum Gasteiger partial charge on any atom is -0.506 e. The van der Waals surface area contributed by atoms with Crippen LogP contribution in [0.2, 0.25) is 5.02 Å². The van der Waals surface area contributed by atoms with Crippen LogP contribution in [0.15, 0.2) is 42.5 Å². The highest BCUT2D eigenvalue weighted by Crippen LogP contribution is 2.24. The molecule has 18 heavy (non-hydrogen) atoms. The molecule has 2 rings (SSSR count). The number of phenolic OH excluding ortho intramolecular Hbond substituents is 1. The fraction of sp³-hybridized carbons (Fsp3) is 0. The molecule has 1 amide bonds. The van der Waals surface area contributed by atoms with Crippen molar-refractivity contribution < 1.29 is 9.90 Å². The lowest BCUT2D eigenvalue weighted by Crippen LogP contribution is -2.11. The van der Waals surface area contributed by atoms with Gasteiger partial charge in [-0.25, -0.2) is 0 Å². The van der Waals surface area contributed by atoms with Gasteiger partial charge in [-0.2, -0.15) is 0 Å². The fourth-order valence-electron chi connectivity index (χ4n) is 1.42. The zero-order valence-electron chi connectivity index (χ0n) is 9.15. The van der Waals surface area contributed by atoms with E-state index in [0.717, 1.165) is 9.26 Å². The molecule has 0 saturated heterocycles. The Labute approximate surface area is 123 Å². The summed E-state index contributed by atoms with van der Waals surface area (Å²) in [6.45, 7) is 0. The highest BCUT2D eigenvalue weighted by atomic mass is 127. The average molecular weight is 374 g/mol. The molecule has 2 aromatic carbocycles. The second-order valence-corrected chi connectivity index (χ2v) is 5.28. The smallest absolute Gasteiger partial charge is 0.255 e. The molecule has 0 saturated carbocycles. The van der Waals surface area contributed by atoms with Crippen molar-refractivity contribution in [2.24, 2.45) is 0 Å². The van der Waals surface area contributed by atoms with Crippen LogP contribution in [-0.4, -0.2) is 11.0 Å². The van der Waals surface area contributed by atoms with E-state index in [2.05, 4.69) is 27.9 Å². The first-order valence-electron chi connectivity index (χ1n) is 5.12. The van der Waals surface area contributed by atoms with E-state index in [0.29, 0.717) is 5.56 Å². The third-order valence-corrected chi connectivity index (χ3v) is 3.27. The quantitative estimate of drug-likeness (QED) is 0.784. The maximum absolute atomic E-state index is 11.9. The number of phenols is 1. The first kappa shape index (κ1) is 13.2. The molecule has 2 N–H and O–H groups in total. The molecule has 5 heteroatoms. The molecule has 0 spiro atoms. The maximum Gasteiger partial charge on any atom is 0.255 e. The number of anilines is 1. The van der Waals surface area contributed by atoms with Crippen LogP contribution in [-0.2, 0) is 0 Å². The summed E-state index contributed by atoms with van der Waals surface area (Å²) in [6, 6.07) is 11.8. The van der Waals surface area contributed by atoms with Crippen molar-refractivity contribution in [1.82, 2.24) is 0 Å². The van der Waals surface area contributed by atoms with Gasteiger partial charge in [0.2, 0.25) is 0 Å². The van der Waals surface area contributed by atoms with Gasteiger partial charge in [-0.15, -0.1) is 0 Å². The topological polar surface area (TPSA) is 49.3 Å². The van der Waals surface area contributed by atoms with Crippen LogP contribution in [0, 0.1) is 3.57 Å². The number of nitrogens with one attached hydrogen (secondary N) is 1. The van der Waals surface area contributed by atoms with Crippen molar-refractivity contribution in [2.75, 3.05) is 5.32 Å². The third-order valence-electron chi connectivity index (χ3n) is 2.29. The zero-order valence-corrected chi connectivity index (χ0v) is 12.1. The summed E-state index contributed by atoms with van der Waals surface area (Å²) in [6.07, 6.45) is 0. The van der Waals surface area contributed by atoms with Gasteiger partial charge >= 0.3 is 0 Å². The third kappa shape index (κ3) is 3.14. The molecule has 0 radical (unpaired) electrons. The summed E-state index contributed by atoms with van der Waals surface area (Å²) in [4.78, 5) is 11.9. The molecule has 3 nitrogen and oxygen atoms in total. The Bertz CT molecular complexity index is 601. The first-order chi connectivity index (χ1) is 8.56. The van der Waals surface area contributed by atoms with Gasteiger partial charge in [-0.05, 0) is 59.0 Å². The normalized spacial score (nSPS) is 10.1. The molecular formula is C13H9ClINO2. The van der Waals surface area contributed by atoms with Crippen LogP contribution in [0.5, 0.6) is 5.75 Å². The molecule has 0 heterocycles. The number of hydrogen-bond acceptors (Lipinski definition) is 2. The molecule has 0 bridgehead atoms. The first-order valence-corrected chi connectivity index (χ1v) is 6.57. The standard InChI is InChI=1S/C13H9ClINO2/c14-11-6-8(4-5-12(11)17)13(18)16-10-3-1-2-9(15)7-10/h1-7,17H,(H,16,18). The van der Waals surface area contributed by atoms with Gasteiger partial charge < -0.3 is 10.4 Å². The number of rotatable bonds is 2. The lowest BCUT2D eigenvalue weighted by atomic mass is 10.2. The summed E-state index contributed by atoms with van der Waals surface area (Å²) in [5, 5.41) is 12.2. The van der Waals surface area contributed by atoms with Crippen molar-refractivity contribution in [2.45, 2.75) is 0 Å². The maximum atomic E-state index is 11.9. The molecule has 0 atom stereocenters. The lowest BCUT2D eigenvalue weighted by molar-refractivity contribution is 0.102. The van der Waals surface area contributed by atoms with E-state index in [-0.39, 0.29) is 16.7 Å². The molecule has 0 aliphatic carbocycles. The Balaban J connectivity index is 2.19. The summed E-state index contributed by atoms with van der Waals surface area (Å²) < 4.78 is 1.04. The van der Waals surface area contributed by atoms with Crippen LogP contribution < -0.4 is 5.32 Å². The van der Waals surface area contributed by atoms with Crippen LogP contribution in [0.4, 0.5) is 5.69 Å². The van der Waals surface area contributed by atoms with E-state index in [1.165, 1.54) is 18.2 Å². The molecule has 92 valence electrons. The minimum atomic E-state index is -0.265. The number of halogens is 2. The second kappa shape index (κ2) is 5.58. The largest absolute Gasteiger partial charge is 0.506 e. The van der Waals surface area contributed by atoms with Crippen LogP contribution >= 0.6 is 34.2 Å². The molecule has 0 aliphatic heterocycles. The number of aromatic hydroxyl groups is 1. The van der Waals surface area contributed by atoms with Gasteiger partial charge in [-0.1, -0.05) is 17.7 Å². The molecular weight excluding hydrogens is 365 g/mol. The van der Waals surface area contributed by atoms with Crippen molar-refractivity contribution in [3.8, 4) is 5.75 Å².